The van der Waals surface area contributed by atoms with Crippen molar-refractivity contribution in [2.45, 2.75) is 58.8 Å². The lowest BCUT2D eigenvalue weighted by Gasteiger charge is -2.29. The molecule has 0 saturated carbocycles. The van der Waals surface area contributed by atoms with Crippen LogP contribution in [0.5, 0.6) is 0 Å². The first-order chi connectivity index (χ1) is 20.3. The smallest absolute Gasteiger partial charge is 0.305 e. The van der Waals surface area contributed by atoms with E-state index in [0.29, 0.717) is 35.5 Å². The maximum atomic E-state index is 12.4. The molecule has 10 nitrogen and oxygen atoms in total. The molecular weight excluding hydrogens is 544 g/mol. The Hall–Kier alpha value is -4.60. The highest BCUT2D eigenvalue weighted by Gasteiger charge is 2.41. The molecule has 4 rings (SSSR count). The second-order valence-corrected chi connectivity index (χ2v) is 12.0. The maximum absolute atomic E-state index is 12.4. The van der Waals surface area contributed by atoms with Crippen LogP contribution in [0.3, 0.4) is 0 Å². The lowest BCUT2D eigenvalue weighted by atomic mass is 9.79. The molecule has 0 atom stereocenters. The van der Waals surface area contributed by atoms with Crippen LogP contribution < -0.4 is 16.0 Å². The van der Waals surface area contributed by atoms with E-state index in [1.807, 2.05) is 59.3 Å². The lowest BCUT2D eigenvalue weighted by Crippen LogP contribution is -2.33. The van der Waals surface area contributed by atoms with Gasteiger partial charge in [0, 0.05) is 41.8 Å². The van der Waals surface area contributed by atoms with Gasteiger partial charge in [0.05, 0.1) is 41.1 Å². The third-order valence-corrected chi connectivity index (χ3v) is 8.15. The number of nitrogens with two attached hydrogens (primary N) is 2. The molecule has 0 saturated heterocycles. The summed E-state index contributed by atoms with van der Waals surface area (Å²) in [4.78, 5) is 47.3. The van der Waals surface area contributed by atoms with E-state index in [1.54, 1.807) is 12.4 Å². The zero-order chi connectivity index (χ0) is 31.5. The molecule has 3 aliphatic heterocycles. The number of ether oxygens (including phenoxy) is 1. The minimum Gasteiger partial charge on any atom is -0.469 e. The number of esters is 1. The van der Waals surface area contributed by atoms with Crippen LogP contribution >= 0.6 is 0 Å². The van der Waals surface area contributed by atoms with Gasteiger partial charge in [-0.3, -0.25) is 24.4 Å². The third-order valence-electron chi connectivity index (χ3n) is 8.15. The minimum atomic E-state index is -0.524. The number of aliphatic imine (C=N–C) groups is 2. The summed E-state index contributed by atoms with van der Waals surface area (Å²) in [5.41, 5.74) is 16.1. The first kappa shape index (κ1) is 31.3. The van der Waals surface area contributed by atoms with Crippen molar-refractivity contribution < 1.29 is 23.7 Å². The highest BCUT2D eigenvalue weighted by atomic mass is 16.5. The Balaban J connectivity index is 1.49. The topological polar surface area (TPSA) is 144 Å². The third kappa shape index (κ3) is 6.43. The Bertz CT molecular complexity index is 1570. The molecule has 0 bridgehead atoms. The molecule has 0 fully saturated rings. The minimum absolute atomic E-state index is 0.205. The summed E-state index contributed by atoms with van der Waals surface area (Å²) in [6, 6.07) is 0. The van der Waals surface area contributed by atoms with Gasteiger partial charge in [-0.05, 0) is 38.8 Å². The van der Waals surface area contributed by atoms with Gasteiger partial charge in [-0.15, -0.1) is 0 Å². The van der Waals surface area contributed by atoms with Crippen LogP contribution in [0.1, 0.15) is 69.3 Å². The Morgan fingerprint density at radius 2 is 1.70 bits per heavy atom. The monoisotopic (exact) mass is 585 g/mol. The fourth-order valence-electron chi connectivity index (χ4n) is 5.48. The van der Waals surface area contributed by atoms with E-state index < -0.39 is 22.6 Å². The Morgan fingerprint density at radius 3 is 2.37 bits per heavy atom. The predicted octanol–water partition coefficient (Wildman–Crippen LogP) is 3.75. The fourth-order valence-corrected chi connectivity index (χ4v) is 5.48. The molecule has 4 heterocycles. The molecule has 226 valence electrons. The van der Waals surface area contributed by atoms with Crippen molar-refractivity contribution in [3.05, 3.63) is 83.1 Å². The van der Waals surface area contributed by atoms with Gasteiger partial charge in [0.15, 0.2) is 12.4 Å². The van der Waals surface area contributed by atoms with Crippen molar-refractivity contribution in [1.29, 1.82) is 0 Å². The first-order valence-electron chi connectivity index (χ1n) is 14.4. The number of amides is 2. The second kappa shape index (κ2) is 12.3. The van der Waals surface area contributed by atoms with Gasteiger partial charge in [-0.25, -0.2) is 4.57 Å². The van der Waals surface area contributed by atoms with Crippen molar-refractivity contribution in [3.63, 3.8) is 0 Å². The van der Waals surface area contributed by atoms with Crippen molar-refractivity contribution in [1.82, 2.24) is 4.90 Å². The second-order valence-electron chi connectivity index (χ2n) is 12.0. The highest BCUT2D eigenvalue weighted by molar-refractivity contribution is 6.30. The number of nitrogens with zero attached hydrogens (tertiary/aromatic N) is 4. The number of primary amides is 2. The fraction of sp³-hybridized carbons (Fsp3) is 0.394. The van der Waals surface area contributed by atoms with Crippen molar-refractivity contribution in [3.8, 4) is 0 Å². The number of aromatic nitrogens is 1. The predicted molar refractivity (Wildman–Crippen MR) is 166 cm³/mol. The quantitative estimate of drug-likeness (QED) is 0.176. The summed E-state index contributed by atoms with van der Waals surface area (Å²) >= 11 is 0. The number of pyridine rings is 1. The van der Waals surface area contributed by atoms with Crippen LogP contribution in [0.15, 0.2) is 82.0 Å². The molecule has 43 heavy (non-hydrogen) atoms. The number of fused-ring (bicyclic) bond motifs is 2. The van der Waals surface area contributed by atoms with E-state index in [2.05, 4.69) is 27.7 Å². The molecule has 0 spiro atoms. The van der Waals surface area contributed by atoms with E-state index in [4.69, 9.17) is 26.2 Å². The molecule has 0 radical (unpaired) electrons. The van der Waals surface area contributed by atoms with Crippen molar-refractivity contribution in [2.75, 3.05) is 13.7 Å². The van der Waals surface area contributed by atoms with Crippen LogP contribution in [-0.2, 0) is 26.8 Å². The van der Waals surface area contributed by atoms with Gasteiger partial charge >= 0.3 is 5.97 Å². The van der Waals surface area contributed by atoms with E-state index in [-0.39, 0.29) is 5.97 Å². The van der Waals surface area contributed by atoms with Crippen molar-refractivity contribution in [2.24, 2.45) is 33.9 Å². The van der Waals surface area contributed by atoms with Gasteiger partial charge in [0.2, 0.25) is 0 Å². The molecule has 10 heteroatoms. The number of carbonyl (C=O) groups excluding carboxylic acids is 3. The lowest BCUT2D eigenvalue weighted by molar-refractivity contribution is -0.672. The normalized spacial score (nSPS) is 19.2. The number of aryl methyl sites for hydroxylation is 1. The van der Waals surface area contributed by atoms with Gasteiger partial charge in [-0.1, -0.05) is 38.5 Å². The molecule has 0 aromatic carbocycles. The molecular formula is C33H41N6O4+. The number of methoxy groups -OCH3 is 1. The van der Waals surface area contributed by atoms with E-state index in [0.717, 1.165) is 41.8 Å². The number of hydrogen-bond acceptors (Lipinski definition) is 7. The highest BCUT2D eigenvalue weighted by Crippen LogP contribution is 2.45. The van der Waals surface area contributed by atoms with Crippen LogP contribution in [0.4, 0.5) is 5.69 Å². The Kier molecular flexibility index (Phi) is 8.98. The van der Waals surface area contributed by atoms with Crippen LogP contribution in [0, 0.1) is 5.41 Å². The van der Waals surface area contributed by atoms with Gasteiger partial charge in [0.25, 0.3) is 11.8 Å². The standard InChI is InChI=1S/C33H40N6O4/c1-32(2)23-19-38(5)17-21(30(34)41)28(23)36-25(32)13-9-7-10-14-26-33(3,4)24-20-39(16-12-8-11-15-27(40)43-6)18-22(31(35)42)29(24)37-26/h7,9-10,13-14,17-20H,8,11-12,15-16H2,1-6H3,(H3-,34,35,41,42)/p+1. The van der Waals surface area contributed by atoms with Gasteiger partial charge in [-0.2, -0.15) is 0 Å². The first-order valence-corrected chi connectivity index (χ1v) is 14.4. The molecule has 0 unspecified atom stereocenters. The molecule has 1 aromatic heterocycles. The average molecular weight is 586 g/mol. The largest absolute Gasteiger partial charge is 0.469 e. The van der Waals surface area contributed by atoms with Crippen LogP contribution in [0.2, 0.25) is 0 Å². The molecule has 3 aliphatic rings. The van der Waals surface area contributed by atoms with E-state index >= 15 is 0 Å². The number of hydrogen-bond donors (Lipinski definition) is 2. The van der Waals surface area contributed by atoms with Gasteiger partial charge in [0.1, 0.15) is 12.6 Å². The number of unbranched alkanes of at least 4 members (excludes halogenated alkanes) is 2. The Labute approximate surface area is 252 Å². The summed E-state index contributed by atoms with van der Waals surface area (Å²) in [6.45, 7) is 8.98. The van der Waals surface area contributed by atoms with Crippen molar-refractivity contribution >= 4 is 34.9 Å². The van der Waals surface area contributed by atoms with Crippen LogP contribution in [-0.4, -0.2) is 47.8 Å². The number of carbonyl (C=O) groups is 3. The number of rotatable bonds is 11. The summed E-state index contributed by atoms with van der Waals surface area (Å²) < 4.78 is 6.53. The van der Waals surface area contributed by atoms with Gasteiger partial charge < -0.3 is 21.1 Å². The van der Waals surface area contributed by atoms with E-state index in [9.17, 15) is 14.4 Å². The molecule has 4 N–H and O–H groups in total. The molecule has 2 amide bonds. The maximum Gasteiger partial charge on any atom is 0.305 e. The number of allylic oxidation sites excluding steroid dienone is 6. The summed E-state index contributed by atoms with van der Waals surface area (Å²) in [6.07, 6.45) is 19.9. The zero-order valence-electron chi connectivity index (χ0n) is 25.8. The molecule has 0 aliphatic carbocycles. The Morgan fingerprint density at radius 1 is 0.953 bits per heavy atom. The van der Waals surface area contributed by atoms with E-state index in [1.165, 1.54) is 7.11 Å². The summed E-state index contributed by atoms with van der Waals surface area (Å²) in [5.74, 6) is -1.24. The molecule has 1 aromatic rings. The SMILES string of the molecule is COC(=O)CCCCCN1C=C(C(N)=O)C2=N\C(=C/C=C/C=C/C3=Nc4c(C(N)=O)c[n+](C)cc4C3(C)C)C(C)(C)C2=C1. The summed E-state index contributed by atoms with van der Waals surface area (Å²) in [7, 11) is 3.26. The van der Waals surface area contributed by atoms with Crippen LogP contribution in [0.25, 0.3) is 0 Å². The average Bonchev–Trinajstić information content (AvgIpc) is 3.35. The summed E-state index contributed by atoms with van der Waals surface area (Å²) in [5, 5.41) is 0. The zero-order valence-corrected chi connectivity index (χ0v) is 25.8.